The summed E-state index contributed by atoms with van der Waals surface area (Å²) in [6, 6.07) is 0.365. The minimum Gasteiger partial charge on any atom is -0.327 e. The average molecular weight is 268 g/mol. The summed E-state index contributed by atoms with van der Waals surface area (Å²) in [7, 11) is 0. The van der Waals surface area contributed by atoms with E-state index in [1.54, 1.807) is 0 Å². The first-order valence-electron chi connectivity index (χ1n) is 8.82. The number of hydrogen-bond donors (Lipinski definition) is 1. The molecule has 0 spiro atoms. The van der Waals surface area contributed by atoms with Gasteiger partial charge in [-0.05, 0) is 37.0 Å². The zero-order chi connectivity index (χ0) is 14.3. The first kappa shape index (κ1) is 17.0. The molecule has 0 saturated heterocycles. The van der Waals surface area contributed by atoms with E-state index >= 15 is 0 Å². The van der Waals surface area contributed by atoms with Crippen molar-refractivity contribution in [3.8, 4) is 0 Å². The predicted octanol–water partition coefficient (Wildman–Crippen LogP) is 5.53. The molecule has 1 fully saturated rings. The second-order valence-electron chi connectivity index (χ2n) is 7.17. The topological polar surface area (TPSA) is 26.0 Å². The van der Waals surface area contributed by atoms with Gasteiger partial charge in [-0.25, -0.2) is 0 Å². The molecule has 0 bridgehead atoms. The van der Waals surface area contributed by atoms with E-state index in [0.29, 0.717) is 11.5 Å². The second kappa shape index (κ2) is 8.29. The van der Waals surface area contributed by atoms with Crippen molar-refractivity contribution in [2.45, 2.75) is 97.9 Å². The fraction of sp³-hybridized carbons (Fsp3) is 1.00. The largest absolute Gasteiger partial charge is 0.327 e. The fourth-order valence-electron chi connectivity index (χ4n) is 4.31. The van der Waals surface area contributed by atoms with E-state index in [4.69, 9.17) is 5.73 Å². The normalized spacial score (nSPS) is 31.1. The molecule has 0 radical (unpaired) electrons. The molecule has 0 heterocycles. The summed E-state index contributed by atoms with van der Waals surface area (Å²) in [4.78, 5) is 0. The molecular formula is C18H37N. The van der Waals surface area contributed by atoms with Crippen LogP contribution < -0.4 is 5.73 Å². The minimum absolute atomic E-state index is 0.365. The molecule has 0 amide bonds. The molecule has 19 heavy (non-hydrogen) atoms. The highest BCUT2D eigenvalue weighted by Gasteiger charge is 2.42. The predicted molar refractivity (Wildman–Crippen MR) is 86.3 cm³/mol. The summed E-state index contributed by atoms with van der Waals surface area (Å²) in [6.07, 6.45) is 13.9. The van der Waals surface area contributed by atoms with E-state index in [2.05, 4.69) is 27.7 Å². The maximum atomic E-state index is 6.47. The molecule has 1 nitrogen and oxygen atoms in total. The van der Waals surface area contributed by atoms with Crippen molar-refractivity contribution in [1.29, 1.82) is 0 Å². The van der Waals surface area contributed by atoms with Crippen molar-refractivity contribution in [3.05, 3.63) is 0 Å². The molecule has 1 heteroatoms. The van der Waals surface area contributed by atoms with Crippen molar-refractivity contribution in [3.63, 3.8) is 0 Å². The van der Waals surface area contributed by atoms with Crippen LogP contribution in [0.3, 0.4) is 0 Å². The summed E-state index contributed by atoms with van der Waals surface area (Å²) < 4.78 is 0. The Kier molecular flexibility index (Phi) is 7.42. The van der Waals surface area contributed by atoms with E-state index in [9.17, 15) is 0 Å². The maximum Gasteiger partial charge on any atom is 0.00696 e. The third kappa shape index (κ3) is 4.48. The van der Waals surface area contributed by atoms with Gasteiger partial charge in [-0.3, -0.25) is 0 Å². The molecule has 2 unspecified atom stereocenters. The van der Waals surface area contributed by atoms with Gasteiger partial charge in [0.15, 0.2) is 0 Å². The van der Waals surface area contributed by atoms with Gasteiger partial charge in [-0.15, -0.1) is 0 Å². The third-order valence-electron chi connectivity index (χ3n) is 5.77. The van der Waals surface area contributed by atoms with Crippen molar-refractivity contribution >= 4 is 0 Å². The Morgan fingerprint density at radius 1 is 1.16 bits per heavy atom. The van der Waals surface area contributed by atoms with Crippen LogP contribution in [0, 0.1) is 17.3 Å². The molecule has 114 valence electrons. The summed E-state index contributed by atoms with van der Waals surface area (Å²) in [5, 5.41) is 0. The number of hydrogen-bond acceptors (Lipinski definition) is 1. The van der Waals surface area contributed by atoms with E-state index in [0.717, 1.165) is 11.8 Å². The molecule has 4 atom stereocenters. The lowest BCUT2D eigenvalue weighted by atomic mass is 9.58. The van der Waals surface area contributed by atoms with Gasteiger partial charge in [-0.2, -0.15) is 0 Å². The Morgan fingerprint density at radius 3 is 2.42 bits per heavy atom. The highest BCUT2D eigenvalue weighted by atomic mass is 14.7. The molecular weight excluding hydrogens is 230 g/mol. The molecule has 2 N–H and O–H groups in total. The molecule has 0 aromatic heterocycles. The van der Waals surface area contributed by atoms with Gasteiger partial charge in [0.1, 0.15) is 0 Å². The molecule has 1 rings (SSSR count). The van der Waals surface area contributed by atoms with Crippen LogP contribution in [0.4, 0.5) is 0 Å². The number of unbranched alkanes of at least 4 members (excludes halogenated alkanes) is 2. The van der Waals surface area contributed by atoms with Crippen LogP contribution in [-0.2, 0) is 0 Å². The van der Waals surface area contributed by atoms with Gasteiger partial charge < -0.3 is 5.73 Å². The zero-order valence-electron chi connectivity index (χ0n) is 13.9. The van der Waals surface area contributed by atoms with Crippen LogP contribution >= 0.6 is 0 Å². The third-order valence-corrected chi connectivity index (χ3v) is 5.77. The summed E-state index contributed by atoms with van der Waals surface area (Å²) in [5.74, 6) is 1.75. The SMILES string of the molecule is CCCCC(C)C1([C@@H](C)N)CCC[C@H](CCCC)C1. The van der Waals surface area contributed by atoms with Gasteiger partial charge in [0.05, 0.1) is 0 Å². The standard InChI is InChI=1S/C18H37N/c1-5-7-10-15(3)18(16(4)19)13-9-12-17(14-18)11-8-6-2/h15-17H,5-14,19H2,1-4H3/t15?,16-,17+,18?/m1/s1. The van der Waals surface area contributed by atoms with Crippen molar-refractivity contribution in [2.24, 2.45) is 23.0 Å². The Morgan fingerprint density at radius 2 is 1.84 bits per heavy atom. The second-order valence-corrected chi connectivity index (χ2v) is 7.17. The Hall–Kier alpha value is -0.0400. The molecule has 1 aliphatic carbocycles. The lowest BCUT2D eigenvalue weighted by Crippen LogP contribution is -2.47. The molecule has 0 aromatic rings. The van der Waals surface area contributed by atoms with Crippen LogP contribution in [0.15, 0.2) is 0 Å². The van der Waals surface area contributed by atoms with E-state index < -0.39 is 0 Å². The molecule has 0 aliphatic heterocycles. The first-order chi connectivity index (χ1) is 9.06. The average Bonchev–Trinajstić information content (AvgIpc) is 2.42. The Bertz CT molecular complexity index is 236. The van der Waals surface area contributed by atoms with E-state index in [-0.39, 0.29) is 0 Å². The number of nitrogens with two attached hydrogens (primary N) is 1. The zero-order valence-corrected chi connectivity index (χ0v) is 13.9. The van der Waals surface area contributed by atoms with Gasteiger partial charge in [0.25, 0.3) is 0 Å². The minimum atomic E-state index is 0.365. The maximum absolute atomic E-state index is 6.47. The highest BCUT2D eigenvalue weighted by Crippen LogP contribution is 2.49. The molecule has 1 aliphatic rings. The van der Waals surface area contributed by atoms with Gasteiger partial charge in [0.2, 0.25) is 0 Å². The van der Waals surface area contributed by atoms with Crippen LogP contribution in [0.25, 0.3) is 0 Å². The fourth-order valence-corrected chi connectivity index (χ4v) is 4.31. The summed E-state index contributed by atoms with van der Waals surface area (Å²) >= 11 is 0. The van der Waals surface area contributed by atoms with E-state index in [1.807, 2.05) is 0 Å². The molecule has 1 saturated carbocycles. The quantitative estimate of drug-likeness (QED) is 0.615. The monoisotopic (exact) mass is 267 g/mol. The van der Waals surface area contributed by atoms with E-state index in [1.165, 1.54) is 64.2 Å². The van der Waals surface area contributed by atoms with Gasteiger partial charge in [-0.1, -0.05) is 72.1 Å². The number of rotatable bonds is 8. The lowest BCUT2D eigenvalue weighted by molar-refractivity contribution is 0.0400. The van der Waals surface area contributed by atoms with Crippen LogP contribution in [-0.4, -0.2) is 6.04 Å². The highest BCUT2D eigenvalue weighted by molar-refractivity contribution is 4.95. The van der Waals surface area contributed by atoms with Crippen molar-refractivity contribution < 1.29 is 0 Å². The van der Waals surface area contributed by atoms with Gasteiger partial charge >= 0.3 is 0 Å². The summed E-state index contributed by atoms with van der Waals surface area (Å²) in [6.45, 7) is 9.35. The Balaban J connectivity index is 2.68. The van der Waals surface area contributed by atoms with Crippen molar-refractivity contribution in [2.75, 3.05) is 0 Å². The lowest BCUT2D eigenvalue weighted by Gasteiger charge is -2.48. The Labute approximate surface area is 121 Å². The van der Waals surface area contributed by atoms with Crippen LogP contribution in [0.2, 0.25) is 0 Å². The van der Waals surface area contributed by atoms with Crippen molar-refractivity contribution in [1.82, 2.24) is 0 Å². The summed E-state index contributed by atoms with van der Waals surface area (Å²) in [5.41, 5.74) is 6.90. The smallest absolute Gasteiger partial charge is 0.00696 e. The van der Waals surface area contributed by atoms with Crippen LogP contribution in [0.5, 0.6) is 0 Å². The van der Waals surface area contributed by atoms with Crippen LogP contribution in [0.1, 0.15) is 91.9 Å². The molecule has 0 aromatic carbocycles. The van der Waals surface area contributed by atoms with Gasteiger partial charge in [0, 0.05) is 6.04 Å². The first-order valence-corrected chi connectivity index (χ1v) is 8.82.